The predicted molar refractivity (Wildman–Crippen MR) is 61.5 cm³/mol. The fourth-order valence-electron chi connectivity index (χ4n) is 1.05. The number of aliphatic carboxylic acids is 1. The van der Waals surface area contributed by atoms with Crippen LogP contribution in [0.4, 0.5) is 0 Å². The number of aromatic nitrogens is 1. The van der Waals surface area contributed by atoms with Crippen molar-refractivity contribution in [1.82, 2.24) is 9.88 Å². The van der Waals surface area contributed by atoms with Gasteiger partial charge in [-0.05, 0) is 22.0 Å². The summed E-state index contributed by atoms with van der Waals surface area (Å²) >= 11 is 8.90. The highest BCUT2D eigenvalue weighted by Gasteiger charge is 2.18. The van der Waals surface area contributed by atoms with Crippen LogP contribution in [-0.4, -0.2) is 40.5 Å². The van der Waals surface area contributed by atoms with Crippen molar-refractivity contribution in [1.29, 1.82) is 0 Å². The van der Waals surface area contributed by atoms with E-state index in [4.69, 9.17) is 16.7 Å². The standard InChI is InChI=1S/C9H8BrClN2O3/c1-13(4-7(14)15)9(16)6-2-5(10)3-12-8(6)11/h2-3H,4H2,1H3,(H,14,15). The summed E-state index contributed by atoms with van der Waals surface area (Å²) in [5.74, 6) is -1.57. The maximum absolute atomic E-state index is 11.8. The number of pyridine rings is 1. The Morgan fingerprint density at radius 3 is 2.81 bits per heavy atom. The second-order valence-corrected chi connectivity index (χ2v) is 4.32. The normalized spacial score (nSPS) is 9.94. The topological polar surface area (TPSA) is 70.5 Å². The molecule has 0 aromatic carbocycles. The van der Waals surface area contributed by atoms with Gasteiger partial charge in [0.25, 0.3) is 5.91 Å². The number of halogens is 2. The Bertz CT molecular complexity index is 439. The minimum Gasteiger partial charge on any atom is -0.480 e. The third-order valence-corrected chi connectivity index (χ3v) is 2.49. The first-order valence-electron chi connectivity index (χ1n) is 4.20. The second-order valence-electron chi connectivity index (χ2n) is 3.05. The average molecular weight is 308 g/mol. The molecule has 7 heteroatoms. The van der Waals surface area contributed by atoms with Gasteiger partial charge in [-0.2, -0.15) is 0 Å². The number of carbonyl (C=O) groups excluding carboxylic acids is 1. The lowest BCUT2D eigenvalue weighted by molar-refractivity contribution is -0.137. The third-order valence-electron chi connectivity index (χ3n) is 1.76. The molecule has 1 N–H and O–H groups in total. The number of amides is 1. The van der Waals surface area contributed by atoms with Crippen molar-refractivity contribution in [2.75, 3.05) is 13.6 Å². The lowest BCUT2D eigenvalue weighted by atomic mass is 10.2. The Balaban J connectivity index is 2.95. The number of rotatable bonds is 3. The summed E-state index contributed by atoms with van der Waals surface area (Å²) in [5.41, 5.74) is 0.166. The monoisotopic (exact) mass is 306 g/mol. The van der Waals surface area contributed by atoms with Crippen molar-refractivity contribution in [3.8, 4) is 0 Å². The van der Waals surface area contributed by atoms with Gasteiger partial charge in [0.1, 0.15) is 11.7 Å². The molecule has 1 heterocycles. The first-order chi connectivity index (χ1) is 7.41. The van der Waals surface area contributed by atoms with E-state index < -0.39 is 11.9 Å². The van der Waals surface area contributed by atoms with Crippen LogP contribution in [0.25, 0.3) is 0 Å². The van der Waals surface area contributed by atoms with Crippen LogP contribution in [0, 0.1) is 0 Å². The molecule has 0 aliphatic carbocycles. The van der Waals surface area contributed by atoms with Gasteiger partial charge in [0.2, 0.25) is 0 Å². The second kappa shape index (κ2) is 5.27. The molecule has 0 saturated carbocycles. The summed E-state index contributed by atoms with van der Waals surface area (Å²) in [6, 6.07) is 1.50. The van der Waals surface area contributed by atoms with E-state index in [1.54, 1.807) is 0 Å². The molecule has 16 heavy (non-hydrogen) atoms. The molecule has 0 atom stereocenters. The lowest BCUT2D eigenvalue weighted by Crippen LogP contribution is -2.32. The van der Waals surface area contributed by atoms with Crippen molar-refractivity contribution < 1.29 is 14.7 Å². The van der Waals surface area contributed by atoms with Gasteiger partial charge in [-0.15, -0.1) is 0 Å². The van der Waals surface area contributed by atoms with E-state index in [2.05, 4.69) is 20.9 Å². The zero-order chi connectivity index (χ0) is 12.3. The summed E-state index contributed by atoms with van der Waals surface area (Å²) in [6.07, 6.45) is 1.45. The Hall–Kier alpha value is -1.14. The summed E-state index contributed by atoms with van der Waals surface area (Å²) < 4.78 is 0.601. The number of hydrogen-bond acceptors (Lipinski definition) is 3. The molecule has 1 amide bonds. The largest absolute Gasteiger partial charge is 0.480 e. The van der Waals surface area contributed by atoms with E-state index in [9.17, 15) is 9.59 Å². The highest BCUT2D eigenvalue weighted by atomic mass is 79.9. The zero-order valence-electron chi connectivity index (χ0n) is 8.28. The number of carbonyl (C=O) groups is 2. The smallest absolute Gasteiger partial charge is 0.323 e. The number of carboxylic acids is 1. The van der Waals surface area contributed by atoms with Crippen molar-refractivity contribution in [2.45, 2.75) is 0 Å². The van der Waals surface area contributed by atoms with Gasteiger partial charge in [-0.1, -0.05) is 11.6 Å². The van der Waals surface area contributed by atoms with Crippen LogP contribution in [0.5, 0.6) is 0 Å². The molecule has 1 aromatic heterocycles. The van der Waals surface area contributed by atoms with Gasteiger partial charge in [0.05, 0.1) is 5.56 Å². The van der Waals surface area contributed by atoms with Crippen LogP contribution in [0.3, 0.4) is 0 Å². The average Bonchev–Trinajstić information content (AvgIpc) is 2.19. The van der Waals surface area contributed by atoms with E-state index in [0.717, 1.165) is 4.90 Å². The highest BCUT2D eigenvalue weighted by Crippen LogP contribution is 2.19. The predicted octanol–water partition coefficient (Wildman–Crippen LogP) is 1.65. The molecule has 0 fully saturated rings. The van der Waals surface area contributed by atoms with Gasteiger partial charge in [0.15, 0.2) is 0 Å². The minimum absolute atomic E-state index is 0.0467. The molecular weight excluding hydrogens is 299 g/mol. The number of nitrogens with zero attached hydrogens (tertiary/aromatic N) is 2. The Kier molecular flexibility index (Phi) is 4.26. The maximum Gasteiger partial charge on any atom is 0.323 e. The van der Waals surface area contributed by atoms with E-state index >= 15 is 0 Å². The quantitative estimate of drug-likeness (QED) is 0.862. The zero-order valence-corrected chi connectivity index (χ0v) is 10.6. The first kappa shape index (κ1) is 12.9. The summed E-state index contributed by atoms with van der Waals surface area (Å²) in [7, 11) is 1.38. The fourth-order valence-corrected chi connectivity index (χ4v) is 1.57. The Morgan fingerprint density at radius 2 is 2.25 bits per heavy atom. The number of hydrogen-bond donors (Lipinski definition) is 1. The molecule has 0 bridgehead atoms. The SMILES string of the molecule is CN(CC(=O)O)C(=O)c1cc(Br)cnc1Cl. The summed E-state index contributed by atoms with van der Waals surface area (Å²) in [6.45, 7) is -0.387. The molecule has 0 aliphatic heterocycles. The molecule has 1 aromatic rings. The van der Waals surface area contributed by atoms with Crippen LogP contribution >= 0.6 is 27.5 Å². The molecule has 0 unspecified atom stereocenters. The summed E-state index contributed by atoms with van der Waals surface area (Å²) in [4.78, 5) is 27.1. The van der Waals surface area contributed by atoms with Gasteiger partial charge < -0.3 is 10.0 Å². The molecule has 0 spiro atoms. The van der Waals surface area contributed by atoms with Crippen molar-refractivity contribution in [2.24, 2.45) is 0 Å². The molecule has 0 radical (unpaired) electrons. The van der Waals surface area contributed by atoms with Crippen LogP contribution in [0.15, 0.2) is 16.7 Å². The number of carboxylic acid groups (broad SMARTS) is 1. The van der Waals surface area contributed by atoms with E-state index in [1.807, 2.05) is 0 Å². The van der Waals surface area contributed by atoms with Crippen LogP contribution in [0.1, 0.15) is 10.4 Å². The molecule has 86 valence electrons. The number of likely N-dealkylation sites (N-methyl/N-ethyl adjacent to an activating group) is 1. The molecule has 0 saturated heterocycles. The van der Waals surface area contributed by atoms with Crippen LogP contribution in [0.2, 0.25) is 5.15 Å². The van der Waals surface area contributed by atoms with Gasteiger partial charge in [0, 0.05) is 17.7 Å². The summed E-state index contributed by atoms with van der Waals surface area (Å²) in [5, 5.41) is 8.60. The Morgan fingerprint density at radius 1 is 1.62 bits per heavy atom. The third kappa shape index (κ3) is 3.18. The van der Waals surface area contributed by atoms with E-state index in [0.29, 0.717) is 4.47 Å². The van der Waals surface area contributed by atoms with Crippen molar-refractivity contribution in [3.05, 3.63) is 27.5 Å². The van der Waals surface area contributed by atoms with Gasteiger partial charge in [-0.3, -0.25) is 9.59 Å². The van der Waals surface area contributed by atoms with Crippen molar-refractivity contribution >= 4 is 39.4 Å². The van der Waals surface area contributed by atoms with Crippen molar-refractivity contribution in [3.63, 3.8) is 0 Å². The highest BCUT2D eigenvalue weighted by molar-refractivity contribution is 9.10. The minimum atomic E-state index is -1.09. The maximum atomic E-state index is 11.8. The first-order valence-corrected chi connectivity index (χ1v) is 5.37. The molecule has 5 nitrogen and oxygen atoms in total. The van der Waals surface area contributed by atoms with Crippen LogP contribution < -0.4 is 0 Å². The van der Waals surface area contributed by atoms with Crippen LogP contribution in [-0.2, 0) is 4.79 Å². The Labute approximate surface area is 105 Å². The molecule has 0 aliphatic rings. The lowest BCUT2D eigenvalue weighted by Gasteiger charge is -2.14. The molecular formula is C9H8BrClN2O3. The van der Waals surface area contributed by atoms with E-state index in [1.165, 1.54) is 19.3 Å². The molecule has 1 rings (SSSR count). The fraction of sp³-hybridized carbons (Fsp3) is 0.222. The van der Waals surface area contributed by atoms with Gasteiger partial charge in [-0.25, -0.2) is 4.98 Å². The van der Waals surface area contributed by atoms with E-state index in [-0.39, 0.29) is 17.3 Å². The van der Waals surface area contributed by atoms with Gasteiger partial charge >= 0.3 is 5.97 Å².